The van der Waals surface area contributed by atoms with Crippen LogP contribution in [0.15, 0.2) is 18.3 Å². The number of anilines is 1. The predicted molar refractivity (Wildman–Crippen MR) is 80.5 cm³/mol. The number of aromatic carboxylic acids is 1. The highest BCUT2D eigenvalue weighted by molar-refractivity contribution is 6.45. The number of carbonyl (C=O) groups is 1. The zero-order chi connectivity index (χ0) is 15.0. The van der Waals surface area contributed by atoms with Crippen LogP contribution in [0, 0.1) is 0 Å². The lowest BCUT2D eigenvalue weighted by atomic mass is 9.84. The molecule has 1 aromatic rings. The Morgan fingerprint density at radius 2 is 2.05 bits per heavy atom. The van der Waals surface area contributed by atoms with Gasteiger partial charge in [-0.05, 0) is 44.6 Å². The quantitative estimate of drug-likeness (QED) is 0.716. The van der Waals surface area contributed by atoms with Crippen molar-refractivity contribution in [3.8, 4) is 0 Å². The van der Waals surface area contributed by atoms with Crippen molar-refractivity contribution in [2.45, 2.75) is 50.6 Å². The maximum absolute atomic E-state index is 10.9. The Bertz CT molecular complexity index is 509. The second-order valence-corrected chi connectivity index (χ2v) is 6.01. The molecule has 7 heteroatoms. The summed E-state index contributed by atoms with van der Waals surface area (Å²) < 4.78 is 0. The van der Waals surface area contributed by atoms with Gasteiger partial charge in [0.2, 0.25) is 0 Å². The van der Waals surface area contributed by atoms with E-state index in [9.17, 15) is 9.82 Å². The molecule has 2 aliphatic rings. The molecule has 0 aromatic carbocycles. The van der Waals surface area contributed by atoms with Crippen LogP contribution in [0.3, 0.4) is 0 Å². The number of nitrogens with zero attached hydrogens (tertiary/aromatic N) is 2. The lowest BCUT2D eigenvalue weighted by Gasteiger charge is -2.40. The first-order chi connectivity index (χ1) is 10.0. The predicted octanol–water partition coefficient (Wildman–Crippen LogP) is 0.979. The zero-order valence-corrected chi connectivity index (χ0v) is 12.1. The van der Waals surface area contributed by atoms with Gasteiger partial charge in [0.1, 0.15) is 5.82 Å². The van der Waals surface area contributed by atoms with Crippen LogP contribution in [0.4, 0.5) is 5.82 Å². The van der Waals surface area contributed by atoms with E-state index in [-0.39, 0.29) is 5.56 Å². The molecule has 2 fully saturated rings. The first kappa shape index (κ1) is 14.3. The second-order valence-electron chi connectivity index (χ2n) is 6.01. The number of carboxylic acid groups (broad SMARTS) is 1. The number of piperidine rings is 1. The van der Waals surface area contributed by atoms with Crippen LogP contribution < -0.4 is 10.1 Å². The van der Waals surface area contributed by atoms with Crippen LogP contribution in [0.25, 0.3) is 0 Å². The fraction of sp³-hybridized carbons (Fsp3) is 0.571. The van der Waals surface area contributed by atoms with E-state index in [4.69, 9.17) is 5.11 Å². The van der Waals surface area contributed by atoms with Gasteiger partial charge in [-0.15, -0.1) is 0 Å². The van der Waals surface area contributed by atoms with Gasteiger partial charge in [-0.1, -0.05) is 0 Å². The molecule has 2 atom stereocenters. The van der Waals surface area contributed by atoms with E-state index < -0.39 is 13.0 Å². The summed E-state index contributed by atoms with van der Waals surface area (Å²) in [4.78, 5) is 17.5. The van der Waals surface area contributed by atoms with Gasteiger partial charge in [0.25, 0.3) is 0 Å². The average Bonchev–Trinajstić information content (AvgIpc) is 2.70. The molecule has 0 radical (unpaired) electrons. The van der Waals surface area contributed by atoms with Gasteiger partial charge in [0.05, 0.1) is 5.56 Å². The normalized spacial score (nSPS) is 27.7. The zero-order valence-electron chi connectivity index (χ0n) is 12.1. The third-order valence-electron chi connectivity index (χ3n) is 4.47. The maximum atomic E-state index is 10.9. The van der Waals surface area contributed by atoms with Crippen molar-refractivity contribution in [1.82, 2.24) is 10.2 Å². The highest BCUT2D eigenvalue weighted by Gasteiger charge is 2.41. The van der Waals surface area contributed by atoms with Crippen LogP contribution in [0.1, 0.15) is 36.0 Å². The molecule has 2 saturated heterocycles. The number of pyridine rings is 1. The van der Waals surface area contributed by atoms with Gasteiger partial charge >= 0.3 is 13.0 Å². The molecule has 3 N–H and O–H groups in total. The van der Waals surface area contributed by atoms with E-state index in [1.807, 2.05) is 0 Å². The Kier molecular flexibility index (Phi) is 3.86. The molecule has 0 aliphatic carbocycles. The van der Waals surface area contributed by atoms with Crippen molar-refractivity contribution in [1.29, 1.82) is 0 Å². The Balaban J connectivity index is 1.74. The summed E-state index contributed by atoms with van der Waals surface area (Å²) in [6.07, 6.45) is 5.67. The number of carboxylic acids is 1. The largest absolute Gasteiger partial charge is 0.478 e. The fourth-order valence-corrected chi connectivity index (χ4v) is 3.69. The molecular formula is C14H20BN3O3. The van der Waals surface area contributed by atoms with Crippen LogP contribution in [-0.2, 0) is 0 Å². The summed E-state index contributed by atoms with van der Waals surface area (Å²) >= 11 is 0. The molecule has 0 spiro atoms. The molecule has 6 nitrogen and oxygen atoms in total. The van der Waals surface area contributed by atoms with Gasteiger partial charge in [-0.3, -0.25) is 0 Å². The number of fused-ring (bicyclic) bond motifs is 2. The Labute approximate surface area is 124 Å². The van der Waals surface area contributed by atoms with Crippen molar-refractivity contribution >= 4 is 18.8 Å². The maximum Gasteiger partial charge on any atom is 0.373 e. The van der Waals surface area contributed by atoms with Crippen molar-refractivity contribution < 1.29 is 14.9 Å². The first-order valence-corrected chi connectivity index (χ1v) is 7.46. The molecular weight excluding hydrogens is 269 g/mol. The molecule has 2 bridgehead atoms. The topological polar surface area (TPSA) is 85.7 Å². The van der Waals surface area contributed by atoms with Crippen LogP contribution >= 0.6 is 0 Å². The van der Waals surface area contributed by atoms with E-state index in [0.717, 1.165) is 31.5 Å². The smallest absolute Gasteiger partial charge is 0.373 e. The second kappa shape index (κ2) is 5.65. The molecule has 0 saturated carbocycles. The molecule has 0 amide bonds. The lowest BCUT2D eigenvalue weighted by molar-refractivity contribution is 0.0696. The summed E-state index contributed by atoms with van der Waals surface area (Å²) in [6.45, 7) is 1.75. The highest BCUT2D eigenvalue weighted by atomic mass is 16.4. The summed E-state index contributed by atoms with van der Waals surface area (Å²) in [5.74, 6) is -0.0835. The van der Waals surface area contributed by atoms with E-state index >= 15 is 0 Å². The van der Waals surface area contributed by atoms with E-state index in [0.29, 0.717) is 18.1 Å². The van der Waals surface area contributed by atoms with Gasteiger partial charge in [-0.25, -0.2) is 9.78 Å². The van der Waals surface area contributed by atoms with Crippen LogP contribution in [-0.4, -0.2) is 46.3 Å². The molecule has 2 aliphatic heterocycles. The number of nitrogens with one attached hydrogen (secondary N) is 1. The molecule has 3 heterocycles. The summed E-state index contributed by atoms with van der Waals surface area (Å²) in [6, 6.07) is 4.60. The molecule has 112 valence electrons. The molecule has 1 aromatic heterocycles. The molecule has 3 rings (SSSR count). The summed E-state index contributed by atoms with van der Waals surface area (Å²) in [5, 5.41) is 21.6. The van der Waals surface area contributed by atoms with Crippen molar-refractivity contribution in [2.75, 3.05) is 4.90 Å². The van der Waals surface area contributed by atoms with E-state index in [1.165, 1.54) is 6.20 Å². The SMILES string of the molecule is CB(O)NC1CC2CCC(C1)N2c1ccc(C(=O)O)cn1. The Hall–Kier alpha value is -1.60. The lowest BCUT2D eigenvalue weighted by Crippen LogP contribution is -2.52. The number of aromatic nitrogens is 1. The minimum atomic E-state index is -0.947. The van der Waals surface area contributed by atoms with Gasteiger partial charge in [0, 0.05) is 24.3 Å². The fourth-order valence-electron chi connectivity index (χ4n) is 3.69. The highest BCUT2D eigenvalue weighted by Crippen LogP contribution is 2.38. The van der Waals surface area contributed by atoms with Crippen molar-refractivity contribution in [3.05, 3.63) is 23.9 Å². The van der Waals surface area contributed by atoms with E-state index in [2.05, 4.69) is 15.1 Å². The first-order valence-electron chi connectivity index (χ1n) is 7.46. The van der Waals surface area contributed by atoms with Crippen molar-refractivity contribution in [3.63, 3.8) is 0 Å². The minimum Gasteiger partial charge on any atom is -0.478 e. The molecule has 2 unspecified atom stereocenters. The molecule has 21 heavy (non-hydrogen) atoms. The standard InChI is InChI=1S/C14H20BN3O3/c1-15(21)17-10-6-11-3-4-12(7-10)18(11)13-5-2-9(8-16-13)14(19)20/h2,5,8,10-12,17,21H,3-4,6-7H2,1H3,(H,19,20). The number of hydrogen-bond donors (Lipinski definition) is 3. The van der Waals surface area contributed by atoms with Crippen LogP contribution in [0.2, 0.25) is 6.82 Å². The monoisotopic (exact) mass is 289 g/mol. The Morgan fingerprint density at radius 1 is 1.38 bits per heavy atom. The van der Waals surface area contributed by atoms with Gasteiger partial charge < -0.3 is 20.3 Å². The number of hydrogen-bond acceptors (Lipinski definition) is 5. The van der Waals surface area contributed by atoms with E-state index in [1.54, 1.807) is 19.0 Å². The van der Waals surface area contributed by atoms with Crippen molar-refractivity contribution in [2.24, 2.45) is 0 Å². The minimum absolute atomic E-state index is 0.219. The number of rotatable bonds is 4. The van der Waals surface area contributed by atoms with Gasteiger partial charge in [0.15, 0.2) is 0 Å². The third-order valence-corrected chi connectivity index (χ3v) is 4.47. The van der Waals surface area contributed by atoms with Crippen LogP contribution in [0.5, 0.6) is 0 Å². The summed E-state index contributed by atoms with van der Waals surface area (Å²) in [7, 11) is -0.478. The van der Waals surface area contributed by atoms with Gasteiger partial charge in [-0.2, -0.15) is 0 Å². The third kappa shape index (κ3) is 2.89. The average molecular weight is 289 g/mol. The summed E-state index contributed by atoms with van der Waals surface area (Å²) in [5.41, 5.74) is 0.219. The Morgan fingerprint density at radius 3 is 2.52 bits per heavy atom.